The molecule has 1 saturated heterocycles. The Hall–Kier alpha value is -0.620. The summed E-state index contributed by atoms with van der Waals surface area (Å²) in [7, 11) is 0. The molecule has 1 heterocycles. The fraction of sp³-hybridized carbons (Fsp3) is 0.944. The van der Waals surface area contributed by atoms with Crippen LogP contribution in [0.4, 0.5) is 0 Å². The molecule has 0 aromatic carbocycles. The van der Waals surface area contributed by atoms with Crippen LogP contribution in [0.5, 0.6) is 0 Å². The number of hydrogen-bond acceptors (Lipinski definition) is 9. The van der Waals surface area contributed by atoms with Gasteiger partial charge in [-0.1, -0.05) is 46.3 Å². The predicted octanol–water partition coefficient (Wildman–Crippen LogP) is 3.30. The Kier molecular flexibility index (Phi) is 9.56. The topological polar surface area (TPSA) is 160 Å². The van der Waals surface area contributed by atoms with Crippen LogP contribution in [0.3, 0.4) is 0 Å². The zero-order valence-corrected chi connectivity index (χ0v) is 28.8. The van der Waals surface area contributed by atoms with Gasteiger partial charge in [0.1, 0.15) is 24.4 Å². The summed E-state index contributed by atoms with van der Waals surface area (Å²) in [5.41, 5.74) is -0.944. The van der Waals surface area contributed by atoms with E-state index in [1.165, 1.54) is 5.57 Å². The molecule has 0 unspecified atom stereocenters. The van der Waals surface area contributed by atoms with Crippen molar-refractivity contribution in [3.05, 3.63) is 11.6 Å². The van der Waals surface area contributed by atoms with Crippen LogP contribution < -0.4 is 0 Å². The highest BCUT2D eigenvalue weighted by Gasteiger charge is 2.73. The van der Waals surface area contributed by atoms with Gasteiger partial charge in [0, 0.05) is 0 Å². The molecule has 0 amide bonds. The third-order valence-electron chi connectivity index (χ3n) is 14.5. The van der Waals surface area contributed by atoms with Crippen molar-refractivity contribution in [2.45, 2.75) is 161 Å². The molecule has 0 spiro atoms. The number of fused-ring (bicyclic) bond motifs is 5. The second-order valence-electron chi connectivity index (χ2n) is 17.4. The Bertz CT molecular complexity index is 1110. The Morgan fingerprint density at radius 1 is 0.889 bits per heavy atom. The van der Waals surface area contributed by atoms with Crippen molar-refractivity contribution < 1.29 is 45.2 Å². The lowest BCUT2D eigenvalue weighted by Crippen LogP contribution is -2.70. The van der Waals surface area contributed by atoms with Gasteiger partial charge in [-0.15, -0.1) is 0 Å². The predicted molar refractivity (Wildman–Crippen MR) is 170 cm³/mol. The Labute approximate surface area is 270 Å². The molecule has 4 aliphatic carbocycles. The van der Waals surface area contributed by atoms with Crippen molar-refractivity contribution in [3.63, 3.8) is 0 Å². The van der Waals surface area contributed by atoms with Gasteiger partial charge in [-0.2, -0.15) is 0 Å². The molecule has 7 N–H and O–H groups in total. The molecule has 5 fully saturated rings. The molecule has 0 aromatic rings. The van der Waals surface area contributed by atoms with Gasteiger partial charge < -0.3 is 45.2 Å². The lowest BCUT2D eigenvalue weighted by molar-refractivity contribution is -0.336. The molecule has 5 rings (SSSR count). The van der Waals surface area contributed by atoms with E-state index in [1.54, 1.807) is 0 Å². The van der Waals surface area contributed by atoms with Gasteiger partial charge in [0.25, 0.3) is 0 Å². The molecule has 5 aliphatic rings. The van der Waals surface area contributed by atoms with Gasteiger partial charge in [-0.3, -0.25) is 0 Å². The molecule has 260 valence electrons. The highest BCUT2D eigenvalue weighted by atomic mass is 16.7. The molecule has 0 aromatic heterocycles. The van der Waals surface area contributed by atoms with Gasteiger partial charge in [0.2, 0.25) is 0 Å². The first-order valence-corrected chi connectivity index (χ1v) is 17.4. The molecule has 0 radical (unpaired) electrons. The normalized spacial score (nSPS) is 52.2. The number of aliphatic hydroxyl groups excluding tert-OH is 7. The second kappa shape index (κ2) is 12.1. The minimum atomic E-state index is -1.53. The largest absolute Gasteiger partial charge is 0.394 e. The van der Waals surface area contributed by atoms with E-state index in [4.69, 9.17) is 9.47 Å². The average molecular weight is 639 g/mol. The van der Waals surface area contributed by atoms with Crippen molar-refractivity contribution in [1.82, 2.24) is 0 Å². The van der Waals surface area contributed by atoms with Crippen LogP contribution in [0.1, 0.15) is 107 Å². The number of rotatable bonds is 7. The molecule has 45 heavy (non-hydrogen) atoms. The minimum Gasteiger partial charge on any atom is -0.394 e. The summed E-state index contributed by atoms with van der Waals surface area (Å²) in [6, 6.07) is 0. The van der Waals surface area contributed by atoms with Crippen molar-refractivity contribution in [1.29, 1.82) is 0 Å². The molecule has 1 aliphatic heterocycles. The van der Waals surface area contributed by atoms with Crippen molar-refractivity contribution in [2.75, 3.05) is 6.61 Å². The van der Waals surface area contributed by atoms with Crippen LogP contribution in [-0.2, 0) is 9.47 Å². The average Bonchev–Trinajstić information content (AvgIpc) is 3.33. The van der Waals surface area contributed by atoms with Gasteiger partial charge in [0.05, 0.1) is 30.5 Å². The fourth-order valence-electron chi connectivity index (χ4n) is 12.0. The van der Waals surface area contributed by atoms with E-state index < -0.39 is 66.6 Å². The standard InChI is InChI=1S/C36H62O9/c1-19(2)10-9-13-36(8,45-31-29(43)28(42)27(41)23(18-37)44-31)20-11-15-34(6)26(20)21(38)16-24-33(5)14-12-25(40)32(3,4)30(33)22(39)17-35(24,34)7/h10,20-31,37-43H,9,11-18H2,1-8H3/t20-,21+,22-,23+,24+,25-,26-,27+,28-,29+,30-,31-,33+,34+,35+,36-/m1/s1. The van der Waals surface area contributed by atoms with E-state index in [1.807, 2.05) is 20.8 Å². The molecule has 9 nitrogen and oxygen atoms in total. The number of hydrogen-bond donors (Lipinski definition) is 7. The monoisotopic (exact) mass is 638 g/mol. The third kappa shape index (κ3) is 5.39. The van der Waals surface area contributed by atoms with Crippen LogP contribution in [0.25, 0.3) is 0 Å². The van der Waals surface area contributed by atoms with Crippen LogP contribution in [0, 0.1) is 45.3 Å². The SMILES string of the molecule is CC(C)=CCC[C@@](C)(O[C@H]1O[C@@H](CO)[C@H](O)[C@@H](O)[C@@H]1O)[C@@H]1CC[C@@]2(C)[C@H]1[C@@H](O)C[C@H]1[C@]3(C)CC[C@@H](O)C(C)(C)[C@H]3[C@H](O)C[C@@]12C. The third-order valence-corrected chi connectivity index (χ3v) is 14.5. The fourth-order valence-corrected chi connectivity index (χ4v) is 12.0. The lowest BCUT2D eigenvalue weighted by Gasteiger charge is -2.71. The summed E-state index contributed by atoms with van der Waals surface area (Å²) < 4.78 is 12.6. The minimum absolute atomic E-state index is 0.0692. The van der Waals surface area contributed by atoms with E-state index >= 15 is 0 Å². The maximum absolute atomic E-state index is 12.2. The highest BCUT2D eigenvalue weighted by molar-refractivity contribution is 5.21. The summed E-state index contributed by atoms with van der Waals surface area (Å²) in [6.45, 7) is 16.7. The van der Waals surface area contributed by atoms with E-state index in [-0.39, 0.29) is 39.9 Å². The summed E-state index contributed by atoms with van der Waals surface area (Å²) in [5, 5.41) is 76.9. The summed E-state index contributed by atoms with van der Waals surface area (Å²) >= 11 is 0. The molecule has 4 saturated carbocycles. The van der Waals surface area contributed by atoms with Crippen molar-refractivity contribution in [3.8, 4) is 0 Å². The summed E-state index contributed by atoms with van der Waals surface area (Å²) in [5.74, 6) is -0.154. The summed E-state index contributed by atoms with van der Waals surface area (Å²) in [4.78, 5) is 0. The van der Waals surface area contributed by atoms with Crippen LogP contribution in [0.2, 0.25) is 0 Å². The summed E-state index contributed by atoms with van der Waals surface area (Å²) in [6.07, 6.45) is -0.678. The number of ether oxygens (including phenoxy) is 2. The maximum atomic E-state index is 12.2. The zero-order valence-electron chi connectivity index (χ0n) is 28.8. The lowest BCUT2D eigenvalue weighted by atomic mass is 9.34. The molecular formula is C36H62O9. The van der Waals surface area contributed by atoms with Crippen LogP contribution >= 0.6 is 0 Å². The zero-order chi connectivity index (χ0) is 33.5. The molecule has 0 bridgehead atoms. The number of allylic oxidation sites excluding steroid dienone is 2. The maximum Gasteiger partial charge on any atom is 0.187 e. The Balaban J connectivity index is 1.51. The van der Waals surface area contributed by atoms with E-state index in [2.05, 4.69) is 40.7 Å². The van der Waals surface area contributed by atoms with Gasteiger partial charge in [-0.25, -0.2) is 0 Å². The quantitative estimate of drug-likeness (QED) is 0.208. The smallest absolute Gasteiger partial charge is 0.187 e. The van der Waals surface area contributed by atoms with Crippen LogP contribution in [-0.4, -0.2) is 97.0 Å². The molecule has 16 atom stereocenters. The highest BCUT2D eigenvalue weighted by Crippen LogP contribution is 2.76. The van der Waals surface area contributed by atoms with E-state index in [0.29, 0.717) is 32.1 Å². The van der Waals surface area contributed by atoms with Crippen LogP contribution in [0.15, 0.2) is 11.6 Å². The van der Waals surface area contributed by atoms with E-state index in [0.717, 1.165) is 19.3 Å². The van der Waals surface area contributed by atoms with Gasteiger partial charge in [0.15, 0.2) is 6.29 Å². The van der Waals surface area contributed by atoms with Gasteiger partial charge in [-0.05, 0) is 117 Å². The van der Waals surface area contributed by atoms with Gasteiger partial charge >= 0.3 is 0 Å². The van der Waals surface area contributed by atoms with Crippen molar-refractivity contribution >= 4 is 0 Å². The second-order valence-corrected chi connectivity index (χ2v) is 17.4. The van der Waals surface area contributed by atoms with Crippen molar-refractivity contribution in [2.24, 2.45) is 45.3 Å². The first kappa shape index (κ1) is 35.7. The molecular weight excluding hydrogens is 576 g/mol. The first-order chi connectivity index (χ1) is 20.8. The Morgan fingerprint density at radius 2 is 1.56 bits per heavy atom. The Morgan fingerprint density at radius 3 is 2.18 bits per heavy atom. The van der Waals surface area contributed by atoms with E-state index in [9.17, 15) is 35.7 Å². The number of aliphatic hydroxyl groups is 7. The first-order valence-electron chi connectivity index (χ1n) is 17.4. The molecule has 9 heteroatoms.